The van der Waals surface area contributed by atoms with E-state index >= 15 is 0 Å². The molecular formula is C48H82NO8P. The average molecular weight is 832 g/mol. The standard InChI is InChI=1S/C48H82NO8P/c1-6-8-10-12-14-16-18-20-22-23-24-25-27-29-31-33-35-37-39-41-48(51)57-46(45-56-58(52,53)55-43-42-49(3,4)5)44-54-47(50)40-38-36-34-32-30-28-26-21-19-17-15-13-11-9-7-2/h8,10,14,16,20-22,24-26,29,31,35,37,46H,6-7,9,11-13,15,17-19,23,27-28,30,32-34,36,38-45H2,1-5H3/b10-8+,16-14+,22-20+,25-24+,26-21-,31-29+,37-35+/t46-/m1/s1. The van der Waals surface area contributed by atoms with E-state index in [0.717, 1.165) is 70.6 Å². The lowest BCUT2D eigenvalue weighted by Gasteiger charge is -2.28. The van der Waals surface area contributed by atoms with Gasteiger partial charge in [0.25, 0.3) is 7.82 Å². The van der Waals surface area contributed by atoms with Crippen molar-refractivity contribution < 1.29 is 42.1 Å². The molecule has 0 aliphatic rings. The number of likely N-dealkylation sites (N-methyl/N-ethyl adjacent to an activating group) is 1. The van der Waals surface area contributed by atoms with Crippen LogP contribution in [0.15, 0.2) is 85.1 Å². The number of quaternary nitrogens is 1. The lowest BCUT2D eigenvalue weighted by molar-refractivity contribution is -0.870. The molecule has 0 amide bonds. The van der Waals surface area contributed by atoms with Crippen molar-refractivity contribution in [3.63, 3.8) is 0 Å². The van der Waals surface area contributed by atoms with E-state index in [9.17, 15) is 19.0 Å². The molecule has 0 aromatic heterocycles. The van der Waals surface area contributed by atoms with Gasteiger partial charge in [0.2, 0.25) is 0 Å². The molecule has 0 aliphatic heterocycles. The Kier molecular flexibility index (Phi) is 37.7. The number of rotatable bonds is 39. The van der Waals surface area contributed by atoms with Gasteiger partial charge in [-0.2, -0.15) is 0 Å². The molecule has 332 valence electrons. The van der Waals surface area contributed by atoms with E-state index in [1.807, 2.05) is 33.3 Å². The van der Waals surface area contributed by atoms with E-state index in [0.29, 0.717) is 23.9 Å². The number of ether oxygens (including phenoxy) is 2. The van der Waals surface area contributed by atoms with Crippen molar-refractivity contribution in [2.24, 2.45) is 0 Å². The second kappa shape index (κ2) is 39.6. The molecule has 0 saturated carbocycles. The third-order valence-corrected chi connectivity index (χ3v) is 9.88. The molecule has 58 heavy (non-hydrogen) atoms. The highest BCUT2D eigenvalue weighted by Crippen LogP contribution is 2.38. The topological polar surface area (TPSA) is 111 Å². The zero-order valence-corrected chi connectivity index (χ0v) is 38.1. The molecule has 0 aliphatic carbocycles. The molecular weight excluding hydrogens is 750 g/mol. The molecule has 0 spiro atoms. The summed E-state index contributed by atoms with van der Waals surface area (Å²) in [5, 5.41) is 0. The fraction of sp³-hybridized carbons (Fsp3) is 0.667. The zero-order chi connectivity index (χ0) is 42.8. The maximum absolute atomic E-state index is 12.6. The van der Waals surface area contributed by atoms with E-state index in [4.69, 9.17) is 18.5 Å². The van der Waals surface area contributed by atoms with Gasteiger partial charge in [-0.25, -0.2) is 0 Å². The van der Waals surface area contributed by atoms with Crippen LogP contribution in [-0.4, -0.2) is 70.0 Å². The van der Waals surface area contributed by atoms with E-state index in [1.165, 1.54) is 44.9 Å². The summed E-state index contributed by atoms with van der Waals surface area (Å²) in [5.74, 6) is -0.950. The number of allylic oxidation sites excluding steroid dienone is 14. The summed E-state index contributed by atoms with van der Waals surface area (Å²) in [4.78, 5) is 37.5. The van der Waals surface area contributed by atoms with Crippen molar-refractivity contribution in [1.29, 1.82) is 0 Å². The predicted octanol–water partition coefficient (Wildman–Crippen LogP) is 12.2. The van der Waals surface area contributed by atoms with Crippen molar-refractivity contribution in [2.45, 2.75) is 161 Å². The Hall–Kier alpha value is -2.81. The molecule has 0 heterocycles. The Labute approximate surface area is 354 Å². The minimum Gasteiger partial charge on any atom is -0.756 e. The number of hydrogen-bond acceptors (Lipinski definition) is 8. The molecule has 10 heteroatoms. The Morgan fingerprint density at radius 3 is 1.53 bits per heavy atom. The summed E-state index contributed by atoms with van der Waals surface area (Å²) in [6.07, 6.45) is 50.5. The first-order chi connectivity index (χ1) is 28.0. The number of nitrogens with zero attached hydrogens (tertiary/aromatic N) is 1. The number of esters is 2. The van der Waals surface area contributed by atoms with Gasteiger partial charge in [-0.1, -0.05) is 150 Å². The third kappa shape index (κ3) is 42.8. The Balaban J connectivity index is 4.52. The average Bonchev–Trinajstić information content (AvgIpc) is 3.17. The normalized spacial score (nSPS) is 14.4. The second-order valence-electron chi connectivity index (χ2n) is 15.7. The van der Waals surface area contributed by atoms with Crippen LogP contribution in [0.2, 0.25) is 0 Å². The summed E-state index contributed by atoms with van der Waals surface area (Å²) in [5.41, 5.74) is 0. The van der Waals surface area contributed by atoms with Gasteiger partial charge < -0.3 is 27.9 Å². The summed E-state index contributed by atoms with van der Waals surface area (Å²) < 4.78 is 33.8. The number of phosphoric ester groups is 1. The molecule has 0 aromatic carbocycles. The minimum atomic E-state index is -4.65. The van der Waals surface area contributed by atoms with Gasteiger partial charge in [-0.3, -0.25) is 14.2 Å². The van der Waals surface area contributed by atoms with Gasteiger partial charge in [0.05, 0.1) is 27.7 Å². The maximum Gasteiger partial charge on any atom is 0.306 e. The maximum atomic E-state index is 12.6. The Morgan fingerprint density at radius 1 is 0.552 bits per heavy atom. The van der Waals surface area contributed by atoms with Crippen LogP contribution < -0.4 is 4.89 Å². The molecule has 2 atom stereocenters. The Bertz CT molecular complexity index is 1260. The fourth-order valence-corrected chi connectivity index (χ4v) is 6.17. The van der Waals surface area contributed by atoms with E-state index in [2.05, 4.69) is 86.8 Å². The molecule has 0 fully saturated rings. The van der Waals surface area contributed by atoms with Crippen molar-refractivity contribution >= 4 is 19.8 Å². The highest BCUT2D eigenvalue weighted by Gasteiger charge is 2.21. The molecule has 9 nitrogen and oxygen atoms in total. The van der Waals surface area contributed by atoms with Gasteiger partial charge in [-0.15, -0.1) is 0 Å². The van der Waals surface area contributed by atoms with Crippen LogP contribution in [0.3, 0.4) is 0 Å². The smallest absolute Gasteiger partial charge is 0.306 e. The van der Waals surface area contributed by atoms with E-state index in [-0.39, 0.29) is 26.1 Å². The van der Waals surface area contributed by atoms with Crippen LogP contribution in [0.5, 0.6) is 0 Å². The van der Waals surface area contributed by atoms with Gasteiger partial charge in [-0.05, 0) is 77.0 Å². The minimum absolute atomic E-state index is 0.0500. The highest BCUT2D eigenvalue weighted by molar-refractivity contribution is 7.45. The first-order valence-corrected chi connectivity index (χ1v) is 23.8. The third-order valence-electron chi connectivity index (χ3n) is 8.91. The van der Waals surface area contributed by atoms with Crippen LogP contribution >= 0.6 is 7.82 Å². The quantitative estimate of drug-likeness (QED) is 0.0198. The van der Waals surface area contributed by atoms with Crippen LogP contribution in [-0.2, 0) is 32.7 Å². The fourth-order valence-electron chi connectivity index (χ4n) is 5.44. The highest BCUT2D eigenvalue weighted by atomic mass is 31.2. The molecule has 0 bridgehead atoms. The summed E-state index contributed by atoms with van der Waals surface area (Å²) in [6, 6.07) is 0. The first kappa shape index (κ1) is 55.2. The van der Waals surface area contributed by atoms with E-state index in [1.54, 1.807) is 0 Å². The van der Waals surface area contributed by atoms with Crippen molar-refractivity contribution in [3.8, 4) is 0 Å². The van der Waals surface area contributed by atoms with Crippen LogP contribution in [0.4, 0.5) is 0 Å². The predicted molar refractivity (Wildman–Crippen MR) is 240 cm³/mol. The SMILES string of the molecule is CC/C=C/C/C=C/C/C=C/C/C=C/C/C=C/C/C=C/CCC(=O)O[C@H](COC(=O)CCCCCCC/C=C\CCCCCCCC)COP(=O)([O-])OCC[N+](C)(C)C. The summed E-state index contributed by atoms with van der Waals surface area (Å²) >= 11 is 0. The first-order valence-electron chi connectivity index (χ1n) is 22.3. The molecule has 0 radical (unpaired) electrons. The van der Waals surface area contributed by atoms with Crippen LogP contribution in [0.1, 0.15) is 155 Å². The molecule has 0 saturated heterocycles. The zero-order valence-electron chi connectivity index (χ0n) is 37.2. The van der Waals surface area contributed by atoms with Crippen LogP contribution in [0.25, 0.3) is 0 Å². The number of carbonyl (C=O) groups excluding carboxylic acids is 2. The lowest BCUT2D eigenvalue weighted by atomic mass is 10.1. The number of unbranched alkanes of at least 4 members (excludes halogenated alkanes) is 11. The van der Waals surface area contributed by atoms with Crippen molar-refractivity contribution in [1.82, 2.24) is 0 Å². The Morgan fingerprint density at radius 2 is 1.02 bits per heavy atom. The lowest BCUT2D eigenvalue weighted by Crippen LogP contribution is -2.37. The van der Waals surface area contributed by atoms with Gasteiger partial charge >= 0.3 is 11.9 Å². The summed E-state index contributed by atoms with van der Waals surface area (Å²) in [6.45, 7) is 3.99. The van der Waals surface area contributed by atoms with Gasteiger partial charge in [0.15, 0.2) is 6.10 Å². The van der Waals surface area contributed by atoms with Crippen LogP contribution in [0, 0.1) is 0 Å². The van der Waals surface area contributed by atoms with Gasteiger partial charge in [0.1, 0.15) is 19.8 Å². The van der Waals surface area contributed by atoms with Crippen molar-refractivity contribution in [2.75, 3.05) is 47.5 Å². The number of hydrogen-bond donors (Lipinski definition) is 0. The molecule has 0 rings (SSSR count). The second-order valence-corrected chi connectivity index (χ2v) is 17.1. The van der Waals surface area contributed by atoms with Crippen molar-refractivity contribution in [3.05, 3.63) is 85.1 Å². The monoisotopic (exact) mass is 832 g/mol. The van der Waals surface area contributed by atoms with Gasteiger partial charge in [0, 0.05) is 12.8 Å². The van der Waals surface area contributed by atoms with E-state index < -0.39 is 32.5 Å². The number of carbonyl (C=O) groups is 2. The number of phosphoric acid groups is 1. The molecule has 0 aromatic rings. The summed E-state index contributed by atoms with van der Waals surface area (Å²) in [7, 11) is 1.10. The molecule has 1 unspecified atom stereocenters. The largest absolute Gasteiger partial charge is 0.756 e. The molecule has 0 N–H and O–H groups in total.